The molecule has 2 nitrogen and oxygen atoms in total. The normalized spacial score (nSPS) is 12.4. The number of thioether (sulfide) groups is 1. The van der Waals surface area contributed by atoms with Crippen LogP contribution in [0.1, 0.15) is 26.7 Å². The van der Waals surface area contributed by atoms with Gasteiger partial charge in [0.05, 0.1) is 0 Å². The van der Waals surface area contributed by atoms with Gasteiger partial charge in [-0.3, -0.25) is 0 Å². The zero-order valence-corrected chi connectivity index (χ0v) is 11.8. The molecule has 0 radical (unpaired) electrons. The van der Waals surface area contributed by atoms with Gasteiger partial charge in [-0.1, -0.05) is 20.3 Å². The quantitative estimate of drug-likeness (QED) is 0.716. The molecule has 96 valence electrons. The number of rotatable bonds is 8. The molecule has 0 heterocycles. The minimum atomic E-state index is 0.278. The molecule has 0 aliphatic rings. The second-order valence-corrected chi connectivity index (χ2v) is 4.89. The fourth-order valence-electron chi connectivity index (χ4n) is 1.68. The van der Waals surface area contributed by atoms with E-state index in [1.165, 1.54) is 4.90 Å². The molecule has 1 rings (SSSR count). The minimum absolute atomic E-state index is 0.278. The Morgan fingerprint density at radius 2 is 1.94 bits per heavy atom. The molecule has 1 unspecified atom stereocenters. The first kappa shape index (κ1) is 14.4. The summed E-state index contributed by atoms with van der Waals surface area (Å²) < 4.78 is 5.98. The van der Waals surface area contributed by atoms with Gasteiger partial charge in [0.25, 0.3) is 0 Å². The third-order valence-electron chi connectivity index (χ3n) is 2.59. The molecule has 1 atom stereocenters. The van der Waals surface area contributed by atoms with Crippen molar-refractivity contribution >= 4 is 11.8 Å². The predicted molar refractivity (Wildman–Crippen MR) is 76.1 cm³/mol. The number of hydrogen-bond acceptors (Lipinski definition) is 3. The van der Waals surface area contributed by atoms with E-state index < -0.39 is 0 Å². The molecule has 1 aromatic carbocycles. The first-order valence-corrected chi connectivity index (χ1v) is 7.54. The lowest BCUT2D eigenvalue weighted by atomic mass is 10.2. The molecule has 0 spiro atoms. The van der Waals surface area contributed by atoms with Crippen LogP contribution >= 0.6 is 11.8 Å². The maximum Gasteiger partial charge on any atom is 0.119 e. The van der Waals surface area contributed by atoms with Crippen LogP contribution in [0.2, 0.25) is 0 Å². The second-order valence-electron chi connectivity index (χ2n) is 4.01. The highest BCUT2D eigenvalue weighted by Gasteiger charge is 2.08. The molecule has 0 aliphatic heterocycles. The average molecular weight is 253 g/mol. The summed E-state index contributed by atoms with van der Waals surface area (Å²) in [4.78, 5) is 1.27. The lowest BCUT2D eigenvalue weighted by molar-refractivity contribution is 0.187. The summed E-state index contributed by atoms with van der Waals surface area (Å²) in [5.74, 6) is 0.971. The van der Waals surface area contributed by atoms with Gasteiger partial charge >= 0.3 is 0 Å². The van der Waals surface area contributed by atoms with Crippen molar-refractivity contribution in [1.82, 2.24) is 5.32 Å². The Balaban J connectivity index is 2.51. The first-order valence-electron chi connectivity index (χ1n) is 6.31. The molecule has 3 heteroatoms. The van der Waals surface area contributed by atoms with Crippen molar-refractivity contribution in [3.63, 3.8) is 0 Å². The maximum atomic E-state index is 5.98. The number of likely N-dealkylation sites (N-methyl/N-ethyl adjacent to an activating group) is 1. The van der Waals surface area contributed by atoms with Crippen LogP contribution in [-0.2, 0) is 0 Å². The van der Waals surface area contributed by atoms with Crippen LogP contribution in [0, 0.1) is 0 Å². The first-order chi connectivity index (χ1) is 8.30. The van der Waals surface area contributed by atoms with Crippen molar-refractivity contribution in [1.29, 1.82) is 0 Å². The van der Waals surface area contributed by atoms with Gasteiger partial charge in [0, 0.05) is 11.4 Å². The summed E-state index contributed by atoms with van der Waals surface area (Å²) in [5.41, 5.74) is 0. The highest BCUT2D eigenvalue weighted by Crippen LogP contribution is 2.20. The topological polar surface area (TPSA) is 21.3 Å². The molecule has 0 aliphatic carbocycles. The highest BCUT2D eigenvalue weighted by molar-refractivity contribution is 7.98. The van der Waals surface area contributed by atoms with Gasteiger partial charge in [0.1, 0.15) is 11.9 Å². The standard InChI is InChI=1S/C14H23NOS/c1-4-6-13(11-15-5-2)16-12-7-9-14(17-3)10-8-12/h7-10,13,15H,4-6,11H2,1-3H3. The second kappa shape index (κ2) is 8.43. The molecule has 1 aromatic rings. The Morgan fingerprint density at radius 1 is 1.24 bits per heavy atom. The molecule has 0 saturated carbocycles. The van der Waals surface area contributed by atoms with E-state index >= 15 is 0 Å². The van der Waals surface area contributed by atoms with Crippen molar-refractivity contribution in [3.05, 3.63) is 24.3 Å². The molecular weight excluding hydrogens is 230 g/mol. The molecule has 0 amide bonds. The molecule has 1 N–H and O–H groups in total. The average Bonchev–Trinajstić information content (AvgIpc) is 2.37. The van der Waals surface area contributed by atoms with Gasteiger partial charge in [-0.15, -0.1) is 11.8 Å². The summed E-state index contributed by atoms with van der Waals surface area (Å²) in [6.45, 7) is 6.24. The Hall–Kier alpha value is -0.670. The van der Waals surface area contributed by atoms with Crippen LogP contribution in [-0.4, -0.2) is 25.4 Å². The summed E-state index contributed by atoms with van der Waals surface area (Å²) >= 11 is 1.75. The van der Waals surface area contributed by atoms with E-state index in [9.17, 15) is 0 Å². The number of benzene rings is 1. The number of hydrogen-bond donors (Lipinski definition) is 1. The van der Waals surface area contributed by atoms with Crippen LogP contribution in [0.25, 0.3) is 0 Å². The van der Waals surface area contributed by atoms with Crippen LogP contribution in [0.5, 0.6) is 5.75 Å². The molecule has 0 aromatic heterocycles. The summed E-state index contributed by atoms with van der Waals surface area (Å²) in [7, 11) is 0. The smallest absolute Gasteiger partial charge is 0.119 e. The monoisotopic (exact) mass is 253 g/mol. The van der Waals surface area contributed by atoms with Gasteiger partial charge in [-0.05, 0) is 43.5 Å². The van der Waals surface area contributed by atoms with E-state index in [0.717, 1.165) is 31.7 Å². The Morgan fingerprint density at radius 3 is 2.47 bits per heavy atom. The maximum absolute atomic E-state index is 5.98. The largest absolute Gasteiger partial charge is 0.489 e. The molecular formula is C14H23NOS. The Labute approximate surface area is 109 Å². The number of ether oxygens (including phenoxy) is 1. The van der Waals surface area contributed by atoms with Crippen LogP contribution in [0.4, 0.5) is 0 Å². The molecule has 0 fully saturated rings. The Bertz CT molecular complexity index is 300. The lowest BCUT2D eigenvalue weighted by Gasteiger charge is -2.19. The van der Waals surface area contributed by atoms with E-state index in [0.29, 0.717) is 0 Å². The fraction of sp³-hybridized carbons (Fsp3) is 0.571. The van der Waals surface area contributed by atoms with Crippen molar-refractivity contribution in [3.8, 4) is 5.75 Å². The van der Waals surface area contributed by atoms with Crippen molar-refractivity contribution in [2.75, 3.05) is 19.3 Å². The zero-order valence-electron chi connectivity index (χ0n) is 11.0. The minimum Gasteiger partial charge on any atom is -0.489 e. The third-order valence-corrected chi connectivity index (χ3v) is 3.34. The van der Waals surface area contributed by atoms with Gasteiger partial charge in [0.2, 0.25) is 0 Å². The van der Waals surface area contributed by atoms with Gasteiger partial charge in [-0.2, -0.15) is 0 Å². The van der Waals surface area contributed by atoms with E-state index in [2.05, 4.69) is 49.7 Å². The lowest BCUT2D eigenvalue weighted by Crippen LogP contribution is -2.31. The molecule has 0 bridgehead atoms. The van der Waals surface area contributed by atoms with E-state index in [1.54, 1.807) is 11.8 Å². The SMILES string of the molecule is CCCC(CNCC)Oc1ccc(SC)cc1. The summed E-state index contributed by atoms with van der Waals surface area (Å²) in [6, 6.07) is 8.33. The molecule has 0 saturated heterocycles. The summed E-state index contributed by atoms with van der Waals surface area (Å²) in [5, 5.41) is 3.35. The third kappa shape index (κ3) is 5.46. The van der Waals surface area contributed by atoms with E-state index in [4.69, 9.17) is 4.74 Å². The Kier molecular flexibility index (Phi) is 7.13. The van der Waals surface area contributed by atoms with Gasteiger partial charge < -0.3 is 10.1 Å². The van der Waals surface area contributed by atoms with Crippen molar-refractivity contribution in [2.24, 2.45) is 0 Å². The van der Waals surface area contributed by atoms with Crippen molar-refractivity contribution < 1.29 is 4.74 Å². The van der Waals surface area contributed by atoms with E-state index in [1.807, 2.05) is 0 Å². The van der Waals surface area contributed by atoms with Crippen LogP contribution < -0.4 is 10.1 Å². The zero-order chi connectivity index (χ0) is 12.5. The van der Waals surface area contributed by atoms with Crippen molar-refractivity contribution in [2.45, 2.75) is 37.7 Å². The van der Waals surface area contributed by atoms with Crippen LogP contribution in [0.3, 0.4) is 0 Å². The van der Waals surface area contributed by atoms with Crippen LogP contribution in [0.15, 0.2) is 29.2 Å². The predicted octanol–water partition coefficient (Wildman–Crippen LogP) is 3.57. The highest BCUT2D eigenvalue weighted by atomic mass is 32.2. The van der Waals surface area contributed by atoms with Gasteiger partial charge in [0.15, 0.2) is 0 Å². The summed E-state index contributed by atoms with van der Waals surface area (Å²) in [6.07, 6.45) is 4.61. The van der Waals surface area contributed by atoms with Gasteiger partial charge in [-0.25, -0.2) is 0 Å². The molecule has 17 heavy (non-hydrogen) atoms. The van der Waals surface area contributed by atoms with E-state index in [-0.39, 0.29) is 6.10 Å². The number of nitrogens with one attached hydrogen (secondary N) is 1. The fourth-order valence-corrected chi connectivity index (χ4v) is 2.08.